The van der Waals surface area contributed by atoms with E-state index in [1.54, 1.807) is 25.1 Å². The highest BCUT2D eigenvalue weighted by Gasteiger charge is 2.24. The van der Waals surface area contributed by atoms with E-state index in [1.807, 2.05) is 31.2 Å². The number of benzene rings is 2. The van der Waals surface area contributed by atoms with Gasteiger partial charge in [-0.1, -0.05) is 87.0 Å². The molecule has 2 amide bonds. The molecule has 0 aliphatic rings. The second-order valence-electron chi connectivity index (χ2n) is 11.5. The first kappa shape index (κ1) is 35.6. The zero-order valence-corrected chi connectivity index (χ0v) is 27.0. The van der Waals surface area contributed by atoms with Crippen molar-refractivity contribution in [3.63, 3.8) is 0 Å². The van der Waals surface area contributed by atoms with Crippen LogP contribution in [0.25, 0.3) is 6.08 Å². The van der Waals surface area contributed by atoms with E-state index in [1.165, 1.54) is 13.2 Å². The number of allylic oxidation sites excluding steroid dienone is 2. The lowest BCUT2D eigenvalue weighted by Crippen LogP contribution is -2.50. The predicted octanol–water partition coefficient (Wildman–Crippen LogP) is 6.93. The maximum absolute atomic E-state index is 13.3. The predicted molar refractivity (Wildman–Crippen MR) is 174 cm³/mol. The Kier molecular flexibility index (Phi) is 15.6. The van der Waals surface area contributed by atoms with Crippen LogP contribution in [0.2, 0.25) is 5.02 Å². The highest BCUT2D eigenvalue weighted by Crippen LogP contribution is 2.25. The third kappa shape index (κ3) is 14.4. The van der Waals surface area contributed by atoms with E-state index >= 15 is 0 Å². The Hall–Kier alpha value is -3.58. The first-order valence-corrected chi connectivity index (χ1v) is 15.4. The minimum absolute atomic E-state index is 0.0278. The summed E-state index contributed by atoms with van der Waals surface area (Å²) in [6.45, 7) is 9.87. The van der Waals surface area contributed by atoms with E-state index in [-0.39, 0.29) is 30.8 Å². The van der Waals surface area contributed by atoms with Crippen LogP contribution >= 0.6 is 11.6 Å². The minimum Gasteiger partial charge on any atom is -0.495 e. The number of ether oxygens (including phenoxy) is 2. The molecule has 0 saturated carbocycles. The van der Waals surface area contributed by atoms with Gasteiger partial charge in [0.1, 0.15) is 11.8 Å². The number of halogens is 1. The van der Waals surface area contributed by atoms with Gasteiger partial charge in [0.15, 0.2) is 0 Å². The number of methoxy groups -OCH3 is 1. The summed E-state index contributed by atoms with van der Waals surface area (Å²) in [7, 11) is 1.53. The Morgan fingerprint density at radius 3 is 2.35 bits per heavy atom. The van der Waals surface area contributed by atoms with Gasteiger partial charge in [0, 0.05) is 12.5 Å². The van der Waals surface area contributed by atoms with Gasteiger partial charge in [-0.15, -0.1) is 0 Å². The lowest BCUT2D eigenvalue weighted by molar-refractivity contribution is -0.149. The van der Waals surface area contributed by atoms with Gasteiger partial charge in [0.05, 0.1) is 24.7 Å². The summed E-state index contributed by atoms with van der Waals surface area (Å²) in [6.07, 6.45) is 9.94. The standard InChI is InChI=1S/C35H47ClN2O5/c1-24(2)20-27(5)43-34(40)21-26(4)37-35(41)31(23-29-18-19-32(42-6)30(36)22-29)38-33(39)15-11-10-12-25(3)16-17-28-13-8-7-9-14-28/h7-9,11,13-19,22,24-27,31H,10,12,20-21,23H2,1-6H3,(H,37,41)(H,38,39)/b15-11+,17-16+/t25-,26+,27+,31+/m0/s1. The molecule has 43 heavy (non-hydrogen) atoms. The molecule has 7 nitrogen and oxygen atoms in total. The lowest BCUT2D eigenvalue weighted by Gasteiger charge is -2.22. The van der Waals surface area contributed by atoms with Crippen molar-refractivity contribution in [1.29, 1.82) is 0 Å². The molecule has 2 rings (SSSR count). The van der Waals surface area contributed by atoms with E-state index < -0.39 is 18.0 Å². The third-order valence-electron chi connectivity index (χ3n) is 6.76. The average molecular weight is 611 g/mol. The van der Waals surface area contributed by atoms with Gasteiger partial charge in [0.25, 0.3) is 0 Å². The molecule has 0 fully saturated rings. The van der Waals surface area contributed by atoms with Crippen LogP contribution in [0.5, 0.6) is 5.75 Å². The molecule has 0 bridgehead atoms. The van der Waals surface area contributed by atoms with Gasteiger partial charge in [-0.05, 0) is 74.3 Å². The largest absolute Gasteiger partial charge is 0.495 e. The quantitative estimate of drug-likeness (QED) is 0.150. The molecule has 2 aromatic rings. The van der Waals surface area contributed by atoms with Crippen LogP contribution < -0.4 is 15.4 Å². The fourth-order valence-electron chi connectivity index (χ4n) is 4.62. The first-order chi connectivity index (χ1) is 20.5. The fourth-order valence-corrected chi connectivity index (χ4v) is 4.90. The van der Waals surface area contributed by atoms with Crippen molar-refractivity contribution in [2.45, 2.75) is 84.9 Å². The van der Waals surface area contributed by atoms with Crippen LogP contribution in [-0.4, -0.2) is 43.1 Å². The van der Waals surface area contributed by atoms with Crippen molar-refractivity contribution in [1.82, 2.24) is 10.6 Å². The van der Waals surface area contributed by atoms with Gasteiger partial charge in [-0.2, -0.15) is 0 Å². The first-order valence-electron chi connectivity index (χ1n) is 15.0. The van der Waals surface area contributed by atoms with Crippen molar-refractivity contribution < 1.29 is 23.9 Å². The Balaban J connectivity index is 1.99. The Bertz CT molecular complexity index is 1230. The molecule has 4 atom stereocenters. The van der Waals surface area contributed by atoms with E-state index in [2.05, 4.69) is 55.7 Å². The van der Waals surface area contributed by atoms with E-state index in [9.17, 15) is 14.4 Å². The summed E-state index contributed by atoms with van der Waals surface area (Å²) in [5.74, 6) is 0.118. The summed E-state index contributed by atoms with van der Waals surface area (Å²) >= 11 is 6.30. The maximum atomic E-state index is 13.3. The van der Waals surface area contributed by atoms with Crippen LogP contribution in [0.1, 0.15) is 71.4 Å². The number of hydrogen-bond donors (Lipinski definition) is 2. The van der Waals surface area contributed by atoms with E-state index in [0.29, 0.717) is 29.0 Å². The summed E-state index contributed by atoms with van der Waals surface area (Å²) in [5.41, 5.74) is 1.91. The number of hydrogen-bond acceptors (Lipinski definition) is 5. The monoisotopic (exact) mass is 610 g/mol. The number of amides is 2. The molecule has 2 aromatic carbocycles. The number of nitrogens with one attached hydrogen (secondary N) is 2. The molecule has 234 valence electrons. The molecule has 0 unspecified atom stereocenters. The zero-order valence-electron chi connectivity index (χ0n) is 26.3. The minimum atomic E-state index is -0.882. The summed E-state index contributed by atoms with van der Waals surface area (Å²) in [5, 5.41) is 6.08. The SMILES string of the molecule is COc1ccc(C[C@@H](NC(=O)/C=C/CC[C@H](C)/C=C/c2ccccc2)C(=O)N[C@H](C)CC(=O)O[C@H](C)CC(C)C)cc1Cl. The van der Waals surface area contributed by atoms with Crippen LogP contribution in [0.3, 0.4) is 0 Å². The van der Waals surface area contributed by atoms with Gasteiger partial charge in [-0.25, -0.2) is 0 Å². The van der Waals surface area contributed by atoms with Crippen LogP contribution in [0.4, 0.5) is 0 Å². The van der Waals surface area contributed by atoms with Crippen molar-refractivity contribution in [2.75, 3.05) is 7.11 Å². The van der Waals surface area contributed by atoms with Gasteiger partial charge in [0.2, 0.25) is 11.8 Å². The van der Waals surface area contributed by atoms with Crippen molar-refractivity contribution in [3.05, 3.63) is 82.9 Å². The summed E-state index contributed by atoms with van der Waals surface area (Å²) in [4.78, 5) is 38.5. The second-order valence-corrected chi connectivity index (χ2v) is 11.9. The van der Waals surface area contributed by atoms with Gasteiger partial charge < -0.3 is 20.1 Å². The Morgan fingerprint density at radius 2 is 1.70 bits per heavy atom. The van der Waals surface area contributed by atoms with Gasteiger partial charge in [-0.3, -0.25) is 14.4 Å². The zero-order chi connectivity index (χ0) is 31.8. The normalized spacial score (nSPS) is 14.3. The molecular weight excluding hydrogens is 564 g/mol. The molecule has 0 aliphatic carbocycles. The molecule has 0 aromatic heterocycles. The third-order valence-corrected chi connectivity index (χ3v) is 7.06. The topological polar surface area (TPSA) is 93.7 Å². The van der Waals surface area contributed by atoms with Crippen molar-refractivity contribution >= 4 is 35.5 Å². The number of esters is 1. The number of carbonyl (C=O) groups excluding carboxylic acids is 3. The number of rotatable bonds is 17. The van der Waals surface area contributed by atoms with E-state index in [4.69, 9.17) is 21.1 Å². The average Bonchev–Trinajstić information content (AvgIpc) is 2.93. The molecule has 0 spiro atoms. The smallest absolute Gasteiger partial charge is 0.308 e. The van der Waals surface area contributed by atoms with Crippen LogP contribution in [-0.2, 0) is 25.5 Å². The van der Waals surface area contributed by atoms with Crippen molar-refractivity contribution in [3.8, 4) is 5.75 Å². The molecule has 8 heteroatoms. The molecule has 0 radical (unpaired) electrons. The molecular formula is C35H47ClN2O5. The Morgan fingerprint density at radius 1 is 0.977 bits per heavy atom. The summed E-state index contributed by atoms with van der Waals surface area (Å²) < 4.78 is 10.7. The van der Waals surface area contributed by atoms with Crippen LogP contribution in [0, 0.1) is 11.8 Å². The molecule has 0 aliphatic heterocycles. The van der Waals surface area contributed by atoms with Crippen LogP contribution in [0.15, 0.2) is 66.8 Å². The van der Waals surface area contributed by atoms with Gasteiger partial charge >= 0.3 is 5.97 Å². The highest BCUT2D eigenvalue weighted by atomic mass is 35.5. The van der Waals surface area contributed by atoms with E-state index in [0.717, 1.165) is 24.0 Å². The molecule has 0 heterocycles. The van der Waals surface area contributed by atoms with Crippen molar-refractivity contribution in [2.24, 2.45) is 11.8 Å². The number of carbonyl (C=O) groups is 3. The highest BCUT2D eigenvalue weighted by molar-refractivity contribution is 6.32. The summed E-state index contributed by atoms with van der Waals surface area (Å²) in [6, 6.07) is 14.0. The lowest BCUT2D eigenvalue weighted by atomic mass is 10.0. The molecule has 2 N–H and O–H groups in total. The maximum Gasteiger partial charge on any atom is 0.308 e. The molecule has 0 saturated heterocycles. The second kappa shape index (κ2) is 18.9. The Labute approximate surface area is 262 Å². The fraction of sp³-hybridized carbons (Fsp3) is 0.457.